The van der Waals surface area contributed by atoms with Crippen LogP contribution in [0.15, 0.2) is 57.1 Å². The van der Waals surface area contributed by atoms with E-state index in [4.69, 9.17) is 18.9 Å². The van der Waals surface area contributed by atoms with Crippen LogP contribution in [0.2, 0.25) is 0 Å². The van der Waals surface area contributed by atoms with Crippen LogP contribution < -0.4 is 19.6 Å². The van der Waals surface area contributed by atoms with Crippen molar-refractivity contribution in [2.24, 2.45) is 10.9 Å². The van der Waals surface area contributed by atoms with Crippen LogP contribution in [0.5, 0.6) is 5.75 Å². The smallest absolute Gasteiger partial charge is 0.317 e. The fourth-order valence-corrected chi connectivity index (χ4v) is 5.14. The van der Waals surface area contributed by atoms with Crippen molar-refractivity contribution in [1.29, 1.82) is 0 Å². The van der Waals surface area contributed by atoms with Gasteiger partial charge < -0.3 is 13.9 Å². The molecule has 2 bridgehead atoms. The topological polar surface area (TPSA) is 83.0 Å². The highest BCUT2D eigenvalue weighted by molar-refractivity contribution is 7.07. The number of furan rings is 1. The molecule has 3 aromatic rings. The Morgan fingerprint density at radius 3 is 2.97 bits per heavy atom. The minimum absolute atomic E-state index is 0.201. The minimum Gasteiger partial charge on any atom is -0.472 e. The summed E-state index contributed by atoms with van der Waals surface area (Å²) < 4.78 is 18.7. The van der Waals surface area contributed by atoms with E-state index in [1.54, 1.807) is 43.1 Å². The molecule has 0 amide bonds. The van der Waals surface area contributed by atoms with Crippen LogP contribution in [-0.4, -0.2) is 22.9 Å². The number of nitrogens with zero attached hydrogens (tertiary/aromatic N) is 2. The lowest BCUT2D eigenvalue weighted by atomic mass is 9.81. The fourth-order valence-electron chi connectivity index (χ4n) is 4.04. The van der Waals surface area contributed by atoms with Crippen molar-refractivity contribution in [3.63, 3.8) is 0 Å². The van der Waals surface area contributed by atoms with E-state index in [-0.39, 0.29) is 12.2 Å². The van der Waals surface area contributed by atoms with Gasteiger partial charge in [-0.25, -0.2) is 4.99 Å². The first-order chi connectivity index (χ1) is 14.0. The number of hydrogen-bond acceptors (Lipinski definition) is 7. The molecular weight excluding hydrogens is 392 g/mol. The van der Waals surface area contributed by atoms with Gasteiger partial charge in [-0.05, 0) is 32.1 Å². The van der Waals surface area contributed by atoms with Crippen molar-refractivity contribution in [2.45, 2.75) is 25.6 Å². The molecule has 148 valence electrons. The maximum atomic E-state index is 13.3. The first kappa shape index (κ1) is 17.9. The summed E-state index contributed by atoms with van der Waals surface area (Å²) in [5.74, 6) is -0.574. The van der Waals surface area contributed by atoms with Crippen molar-refractivity contribution in [3.05, 3.63) is 73.7 Å². The zero-order valence-corrected chi connectivity index (χ0v) is 16.6. The van der Waals surface area contributed by atoms with E-state index in [1.807, 2.05) is 24.3 Å². The molecule has 1 aromatic carbocycles. The molecule has 0 saturated heterocycles. The number of aromatic nitrogens is 1. The molecule has 8 heteroatoms. The third-order valence-corrected chi connectivity index (χ3v) is 6.24. The second-order valence-electron chi connectivity index (χ2n) is 7.11. The largest absolute Gasteiger partial charge is 0.472 e. The summed E-state index contributed by atoms with van der Waals surface area (Å²) in [6.45, 7) is 3.76. The molecule has 2 aliphatic rings. The average Bonchev–Trinajstić information content (AvgIpc) is 3.29. The van der Waals surface area contributed by atoms with Crippen LogP contribution in [-0.2, 0) is 9.53 Å². The summed E-state index contributed by atoms with van der Waals surface area (Å²) >= 11 is 1.27. The van der Waals surface area contributed by atoms with Crippen molar-refractivity contribution in [2.75, 3.05) is 6.61 Å². The predicted octanol–water partition coefficient (Wildman–Crippen LogP) is 1.84. The summed E-state index contributed by atoms with van der Waals surface area (Å²) in [5.41, 5.74) is 0.200. The molecule has 2 aromatic heterocycles. The first-order valence-electron chi connectivity index (χ1n) is 9.31. The highest BCUT2D eigenvalue weighted by Gasteiger charge is 2.55. The normalized spacial score (nSPS) is 24.8. The fraction of sp³-hybridized carbons (Fsp3) is 0.286. The number of fused-ring (bicyclic) bond motifs is 6. The van der Waals surface area contributed by atoms with Gasteiger partial charge in [0.05, 0.1) is 29.7 Å². The van der Waals surface area contributed by atoms with E-state index in [9.17, 15) is 9.59 Å². The number of rotatable bonds is 3. The molecule has 29 heavy (non-hydrogen) atoms. The standard InChI is InChI=1S/C21H18N2O5S/c1-3-27-19(25)16-17-13-6-4-5-7-14(13)28-21(16,2)22-20-23(17)18(24)15(29-20)10-12-8-9-26-11-12/h4-11,16-17H,3H2,1-2H3/b15-10+/t16-,17-,21+/m1/s1. The lowest BCUT2D eigenvalue weighted by Gasteiger charge is -2.44. The van der Waals surface area contributed by atoms with Crippen molar-refractivity contribution >= 4 is 23.4 Å². The highest BCUT2D eigenvalue weighted by atomic mass is 32.1. The van der Waals surface area contributed by atoms with Gasteiger partial charge in [-0.15, -0.1) is 0 Å². The zero-order chi connectivity index (χ0) is 20.2. The number of para-hydroxylation sites is 1. The van der Waals surface area contributed by atoms with Crippen LogP contribution in [0, 0.1) is 5.92 Å². The number of ether oxygens (including phenoxy) is 2. The Balaban J connectivity index is 1.80. The Labute approximate surface area is 169 Å². The van der Waals surface area contributed by atoms with Crippen molar-refractivity contribution in [3.8, 4) is 5.75 Å². The van der Waals surface area contributed by atoms with Crippen LogP contribution in [0.25, 0.3) is 6.08 Å². The van der Waals surface area contributed by atoms with Gasteiger partial charge in [-0.2, -0.15) is 0 Å². The molecule has 2 aliphatic heterocycles. The quantitative estimate of drug-likeness (QED) is 0.616. The summed E-state index contributed by atoms with van der Waals surface area (Å²) in [6.07, 6.45) is 4.88. The van der Waals surface area contributed by atoms with Crippen LogP contribution in [0.3, 0.4) is 0 Å². The lowest BCUT2D eigenvalue weighted by molar-refractivity contribution is -0.160. The Morgan fingerprint density at radius 1 is 1.38 bits per heavy atom. The molecule has 0 saturated carbocycles. The van der Waals surface area contributed by atoms with E-state index in [0.29, 0.717) is 15.1 Å². The number of carbonyl (C=O) groups is 1. The lowest BCUT2D eigenvalue weighted by Crippen LogP contribution is -2.58. The number of esters is 1. The first-order valence-corrected chi connectivity index (χ1v) is 10.1. The number of carbonyl (C=O) groups excluding carboxylic acids is 1. The molecule has 0 radical (unpaired) electrons. The third-order valence-electron chi connectivity index (χ3n) is 5.26. The molecule has 0 fully saturated rings. The van der Waals surface area contributed by atoms with E-state index in [0.717, 1.165) is 11.1 Å². The van der Waals surface area contributed by atoms with E-state index >= 15 is 0 Å². The molecule has 0 unspecified atom stereocenters. The summed E-state index contributed by atoms with van der Waals surface area (Å²) in [7, 11) is 0. The average molecular weight is 410 g/mol. The molecule has 0 spiro atoms. The summed E-state index contributed by atoms with van der Waals surface area (Å²) in [5, 5.41) is 0. The highest BCUT2D eigenvalue weighted by Crippen LogP contribution is 2.47. The molecule has 3 atom stereocenters. The van der Waals surface area contributed by atoms with Crippen LogP contribution in [0.1, 0.15) is 31.0 Å². The summed E-state index contributed by atoms with van der Waals surface area (Å²) in [6, 6.07) is 8.67. The number of benzene rings is 1. The second-order valence-corrected chi connectivity index (χ2v) is 8.12. The second kappa shape index (κ2) is 6.45. The van der Waals surface area contributed by atoms with E-state index < -0.39 is 23.7 Å². The third kappa shape index (κ3) is 2.66. The maximum absolute atomic E-state index is 13.3. The molecule has 4 heterocycles. The van der Waals surface area contributed by atoms with Crippen LogP contribution >= 0.6 is 11.3 Å². The van der Waals surface area contributed by atoms with Crippen molar-refractivity contribution < 1.29 is 18.7 Å². The molecule has 0 aliphatic carbocycles. The van der Waals surface area contributed by atoms with Gasteiger partial charge in [-0.1, -0.05) is 29.5 Å². The number of hydrogen-bond donors (Lipinski definition) is 0. The Morgan fingerprint density at radius 2 is 2.21 bits per heavy atom. The number of thiazole rings is 1. The molecule has 5 rings (SSSR count). The Kier molecular flexibility index (Phi) is 3.99. The maximum Gasteiger partial charge on any atom is 0.317 e. The minimum atomic E-state index is -1.16. The van der Waals surface area contributed by atoms with Gasteiger partial charge in [-0.3, -0.25) is 14.2 Å². The molecule has 7 nitrogen and oxygen atoms in total. The van der Waals surface area contributed by atoms with Gasteiger partial charge in [0.2, 0.25) is 5.72 Å². The SMILES string of the molecule is CCOC(=O)[C@H]1[C@H]2c3ccccc3O[C@]1(C)N=c1s/c(=C/c3ccoc3)c(=O)n12. The summed E-state index contributed by atoms with van der Waals surface area (Å²) in [4.78, 5) is 31.5. The van der Waals surface area contributed by atoms with Gasteiger partial charge >= 0.3 is 5.97 Å². The van der Waals surface area contributed by atoms with Gasteiger partial charge in [0.15, 0.2) is 4.80 Å². The van der Waals surface area contributed by atoms with Gasteiger partial charge in [0.1, 0.15) is 11.7 Å². The Bertz CT molecular complexity index is 1270. The van der Waals surface area contributed by atoms with Gasteiger partial charge in [0.25, 0.3) is 5.56 Å². The van der Waals surface area contributed by atoms with Crippen LogP contribution in [0.4, 0.5) is 0 Å². The van der Waals surface area contributed by atoms with E-state index in [1.165, 1.54) is 11.3 Å². The van der Waals surface area contributed by atoms with E-state index in [2.05, 4.69) is 0 Å². The van der Waals surface area contributed by atoms with Crippen molar-refractivity contribution in [1.82, 2.24) is 4.57 Å². The monoisotopic (exact) mass is 410 g/mol. The molecule has 0 N–H and O–H groups in total. The molecular formula is C21H18N2O5S. The Hall–Kier alpha value is -3.13. The predicted molar refractivity (Wildman–Crippen MR) is 105 cm³/mol. The van der Waals surface area contributed by atoms with Gasteiger partial charge in [0, 0.05) is 11.1 Å². The zero-order valence-electron chi connectivity index (χ0n) is 15.8.